The van der Waals surface area contributed by atoms with Gasteiger partial charge in [0, 0.05) is 18.5 Å². The normalized spacial score (nSPS) is 36.2. The lowest BCUT2D eigenvalue weighted by Crippen LogP contribution is -2.40. The Morgan fingerprint density at radius 1 is 1.35 bits per heavy atom. The third kappa shape index (κ3) is 1.85. The molecule has 0 radical (unpaired) electrons. The van der Waals surface area contributed by atoms with Gasteiger partial charge in [-0.15, -0.1) is 0 Å². The first-order valence-corrected chi connectivity index (χ1v) is 6.08. The summed E-state index contributed by atoms with van der Waals surface area (Å²) in [6, 6.07) is 3.00. The average molecular weight is 237 g/mol. The predicted molar refractivity (Wildman–Crippen MR) is 60.0 cm³/mol. The number of aryl methyl sites for hydroxylation is 1. The lowest BCUT2D eigenvalue weighted by Gasteiger charge is -2.36. The van der Waals surface area contributed by atoms with Crippen molar-refractivity contribution in [3.05, 3.63) is 29.3 Å². The molecule has 2 saturated heterocycles. The molecule has 0 aliphatic carbocycles. The molecule has 0 saturated carbocycles. The summed E-state index contributed by atoms with van der Waals surface area (Å²) in [6.45, 7) is 1.81. The molecule has 2 atom stereocenters. The van der Waals surface area contributed by atoms with Crippen molar-refractivity contribution in [1.82, 2.24) is 4.98 Å². The number of fused-ring (bicyclic) bond motifs is 2. The maximum Gasteiger partial charge on any atom is 0.147 e. The van der Waals surface area contributed by atoms with Gasteiger partial charge in [0.25, 0.3) is 0 Å². The fourth-order valence-corrected chi connectivity index (χ4v) is 2.98. The van der Waals surface area contributed by atoms with Crippen molar-refractivity contribution in [2.24, 2.45) is 0 Å². The maximum absolute atomic E-state index is 13.8. The van der Waals surface area contributed by atoms with Crippen molar-refractivity contribution in [1.29, 1.82) is 0 Å². The molecule has 4 heteroatoms. The lowest BCUT2D eigenvalue weighted by atomic mass is 9.86. The zero-order valence-electron chi connectivity index (χ0n) is 9.82. The second-order valence-corrected chi connectivity index (χ2v) is 5.18. The summed E-state index contributed by atoms with van der Waals surface area (Å²) in [5.74, 6) is -0.417. The molecule has 1 aromatic heterocycles. The van der Waals surface area contributed by atoms with Crippen LogP contribution in [0.5, 0.6) is 0 Å². The molecule has 1 aromatic rings. The minimum absolute atomic E-state index is 0.0560. The van der Waals surface area contributed by atoms with Gasteiger partial charge < -0.3 is 9.84 Å². The van der Waals surface area contributed by atoms with Gasteiger partial charge in [-0.2, -0.15) is 0 Å². The quantitative estimate of drug-likeness (QED) is 0.813. The number of aliphatic hydroxyl groups is 1. The van der Waals surface area contributed by atoms with Gasteiger partial charge in [0.05, 0.1) is 12.2 Å². The van der Waals surface area contributed by atoms with Crippen LogP contribution in [0.3, 0.4) is 0 Å². The van der Waals surface area contributed by atoms with E-state index in [0.717, 1.165) is 18.5 Å². The van der Waals surface area contributed by atoms with Crippen LogP contribution in [0.4, 0.5) is 4.39 Å². The van der Waals surface area contributed by atoms with E-state index in [2.05, 4.69) is 4.98 Å². The largest absolute Gasteiger partial charge is 0.383 e. The van der Waals surface area contributed by atoms with E-state index in [9.17, 15) is 9.50 Å². The number of rotatable bonds is 1. The number of halogens is 1. The molecule has 0 spiro atoms. The van der Waals surface area contributed by atoms with Gasteiger partial charge in [-0.05, 0) is 31.9 Å². The van der Waals surface area contributed by atoms with Crippen LogP contribution >= 0.6 is 0 Å². The molecule has 2 aliphatic heterocycles. The van der Waals surface area contributed by atoms with Crippen LogP contribution in [-0.4, -0.2) is 22.3 Å². The Bertz CT molecular complexity index is 437. The molecule has 2 unspecified atom stereocenters. The van der Waals surface area contributed by atoms with E-state index < -0.39 is 11.4 Å². The zero-order valence-corrected chi connectivity index (χ0v) is 9.82. The van der Waals surface area contributed by atoms with Crippen LogP contribution in [0.15, 0.2) is 12.1 Å². The number of aromatic nitrogens is 1. The van der Waals surface area contributed by atoms with E-state index in [0.29, 0.717) is 12.8 Å². The summed E-state index contributed by atoms with van der Waals surface area (Å²) in [5.41, 5.74) is -0.230. The van der Waals surface area contributed by atoms with Gasteiger partial charge in [0.2, 0.25) is 0 Å². The molecule has 3 nitrogen and oxygen atoms in total. The predicted octanol–water partition coefficient (Wildman–Crippen LogP) is 2.06. The maximum atomic E-state index is 13.8. The second kappa shape index (κ2) is 3.75. The van der Waals surface area contributed by atoms with E-state index in [4.69, 9.17) is 4.74 Å². The minimum Gasteiger partial charge on any atom is -0.383 e. The topological polar surface area (TPSA) is 42.4 Å². The molecule has 3 heterocycles. The van der Waals surface area contributed by atoms with Crippen LogP contribution in [0, 0.1) is 12.7 Å². The second-order valence-electron chi connectivity index (χ2n) is 5.18. The highest BCUT2D eigenvalue weighted by atomic mass is 19.1. The van der Waals surface area contributed by atoms with Crippen LogP contribution in [-0.2, 0) is 10.3 Å². The van der Waals surface area contributed by atoms with E-state index in [1.165, 1.54) is 6.07 Å². The number of nitrogens with zero attached hydrogens (tertiary/aromatic N) is 1. The number of hydrogen-bond acceptors (Lipinski definition) is 3. The molecular weight excluding hydrogens is 221 g/mol. The summed E-state index contributed by atoms with van der Waals surface area (Å²) < 4.78 is 19.5. The van der Waals surface area contributed by atoms with E-state index in [-0.39, 0.29) is 17.9 Å². The number of ether oxygens (including phenoxy) is 1. The molecule has 0 aromatic carbocycles. The molecule has 0 amide bonds. The Kier molecular flexibility index (Phi) is 2.45. The van der Waals surface area contributed by atoms with Crippen LogP contribution in [0.2, 0.25) is 0 Å². The highest BCUT2D eigenvalue weighted by molar-refractivity contribution is 5.20. The summed E-state index contributed by atoms with van der Waals surface area (Å²) in [5, 5.41) is 10.6. The van der Waals surface area contributed by atoms with Crippen LogP contribution in [0.25, 0.3) is 0 Å². The summed E-state index contributed by atoms with van der Waals surface area (Å²) >= 11 is 0. The minimum atomic E-state index is -1.15. The van der Waals surface area contributed by atoms with Gasteiger partial charge in [0.15, 0.2) is 0 Å². The van der Waals surface area contributed by atoms with Crippen molar-refractivity contribution in [3.8, 4) is 0 Å². The lowest BCUT2D eigenvalue weighted by molar-refractivity contribution is -0.119. The Balaban J connectivity index is 1.99. The van der Waals surface area contributed by atoms with Crippen LogP contribution < -0.4 is 0 Å². The number of hydrogen-bond donors (Lipinski definition) is 1. The summed E-state index contributed by atoms with van der Waals surface area (Å²) in [4.78, 5) is 4.18. The van der Waals surface area contributed by atoms with Crippen molar-refractivity contribution in [3.63, 3.8) is 0 Å². The SMILES string of the molecule is Cc1ccc(F)c(C2(O)CC3CCC(C2)O3)n1. The highest BCUT2D eigenvalue weighted by Gasteiger charge is 2.46. The van der Waals surface area contributed by atoms with Crippen LogP contribution in [0.1, 0.15) is 37.1 Å². The van der Waals surface area contributed by atoms with Crippen molar-refractivity contribution < 1.29 is 14.2 Å². The number of pyridine rings is 1. The third-order valence-corrected chi connectivity index (χ3v) is 3.75. The Hall–Kier alpha value is -1.00. The first-order chi connectivity index (χ1) is 8.07. The van der Waals surface area contributed by atoms with Gasteiger partial charge in [-0.1, -0.05) is 0 Å². The Labute approximate surface area is 99.6 Å². The molecule has 1 N–H and O–H groups in total. The zero-order chi connectivity index (χ0) is 12.0. The Morgan fingerprint density at radius 3 is 2.65 bits per heavy atom. The van der Waals surface area contributed by atoms with Gasteiger partial charge >= 0.3 is 0 Å². The van der Waals surface area contributed by atoms with Crippen molar-refractivity contribution in [2.45, 2.75) is 50.4 Å². The molecule has 92 valence electrons. The fourth-order valence-electron chi connectivity index (χ4n) is 2.98. The van der Waals surface area contributed by atoms with Gasteiger partial charge in [0.1, 0.15) is 17.1 Å². The smallest absolute Gasteiger partial charge is 0.147 e. The van der Waals surface area contributed by atoms with E-state index >= 15 is 0 Å². The first-order valence-electron chi connectivity index (χ1n) is 6.08. The molecule has 2 aliphatic rings. The fraction of sp³-hybridized carbons (Fsp3) is 0.615. The molecule has 2 bridgehead atoms. The van der Waals surface area contributed by atoms with Crippen molar-refractivity contribution >= 4 is 0 Å². The van der Waals surface area contributed by atoms with Gasteiger partial charge in [-0.3, -0.25) is 4.98 Å². The molecule has 17 heavy (non-hydrogen) atoms. The molecule has 3 rings (SSSR count). The van der Waals surface area contributed by atoms with E-state index in [1.807, 2.05) is 0 Å². The third-order valence-electron chi connectivity index (χ3n) is 3.75. The first kappa shape index (κ1) is 11.1. The standard InChI is InChI=1S/C13H16FNO2/c1-8-2-5-11(14)12(15-8)13(16)6-9-3-4-10(7-13)17-9/h2,5,9-10,16H,3-4,6-7H2,1H3. The molecular formula is C13H16FNO2. The monoisotopic (exact) mass is 237 g/mol. The Morgan fingerprint density at radius 2 is 2.00 bits per heavy atom. The van der Waals surface area contributed by atoms with E-state index in [1.54, 1.807) is 13.0 Å². The average Bonchev–Trinajstić information content (AvgIpc) is 2.62. The van der Waals surface area contributed by atoms with Crippen molar-refractivity contribution in [2.75, 3.05) is 0 Å². The van der Waals surface area contributed by atoms with Gasteiger partial charge in [-0.25, -0.2) is 4.39 Å². The summed E-state index contributed by atoms with van der Waals surface area (Å²) in [7, 11) is 0. The highest BCUT2D eigenvalue weighted by Crippen LogP contribution is 2.43. The summed E-state index contributed by atoms with van der Waals surface area (Å²) in [6.07, 6.45) is 2.94. The molecule has 2 fully saturated rings.